The molecule has 1 atom stereocenters. The molecule has 1 heterocycles. The monoisotopic (exact) mass is 371 g/mol. The molecule has 1 aliphatic heterocycles. The van der Waals surface area contributed by atoms with Crippen LogP contribution in [0.4, 0.5) is 4.39 Å². The molecule has 3 rings (SSSR count). The Morgan fingerprint density at radius 3 is 2.74 bits per heavy atom. The van der Waals surface area contributed by atoms with Gasteiger partial charge in [0.2, 0.25) is 0 Å². The highest BCUT2D eigenvalue weighted by molar-refractivity contribution is 6.04. The maximum absolute atomic E-state index is 13.9. The number of hydrogen-bond donors (Lipinski definition) is 1. The van der Waals surface area contributed by atoms with E-state index in [0.29, 0.717) is 48.3 Å². The number of ketones is 1. The number of Topliss-reactive ketones (excluding diaryl/α,β-unsaturated/α-hetero) is 1. The standard InChI is InChI=1S/C22H26FNO3/c1-5-9-27-21(26)18-13(2)24-16-11-22(3,4)12-17(25)20(16)19(18)14-7-6-8-15(23)10-14/h6-8,10,19,24H,5,9,11-12H2,1-4H3. The van der Waals surface area contributed by atoms with Crippen LogP contribution in [-0.4, -0.2) is 18.4 Å². The molecular weight excluding hydrogens is 345 g/mol. The van der Waals surface area contributed by atoms with Crippen LogP contribution >= 0.6 is 0 Å². The summed E-state index contributed by atoms with van der Waals surface area (Å²) < 4.78 is 19.3. The molecule has 1 aromatic carbocycles. The van der Waals surface area contributed by atoms with Crippen LogP contribution < -0.4 is 5.32 Å². The zero-order valence-electron chi connectivity index (χ0n) is 16.3. The predicted molar refractivity (Wildman–Crippen MR) is 101 cm³/mol. The molecule has 0 spiro atoms. The van der Waals surface area contributed by atoms with Gasteiger partial charge in [0.25, 0.3) is 0 Å². The summed E-state index contributed by atoms with van der Waals surface area (Å²) in [5, 5.41) is 3.27. The Balaban J connectivity index is 2.14. The number of hydrogen-bond acceptors (Lipinski definition) is 4. The average molecular weight is 371 g/mol. The summed E-state index contributed by atoms with van der Waals surface area (Å²) in [7, 11) is 0. The van der Waals surface area contributed by atoms with E-state index in [1.54, 1.807) is 12.1 Å². The number of carbonyl (C=O) groups is 2. The van der Waals surface area contributed by atoms with E-state index in [-0.39, 0.29) is 11.2 Å². The van der Waals surface area contributed by atoms with Gasteiger partial charge >= 0.3 is 5.97 Å². The highest BCUT2D eigenvalue weighted by Crippen LogP contribution is 2.46. The highest BCUT2D eigenvalue weighted by atomic mass is 19.1. The third-order valence-electron chi connectivity index (χ3n) is 5.08. The second-order valence-electron chi connectivity index (χ2n) is 8.12. The summed E-state index contributed by atoms with van der Waals surface area (Å²) in [6.45, 7) is 8.14. The Hall–Kier alpha value is -2.43. The fourth-order valence-electron chi connectivity index (χ4n) is 4.00. The van der Waals surface area contributed by atoms with Crippen molar-refractivity contribution in [1.82, 2.24) is 5.32 Å². The molecule has 1 unspecified atom stereocenters. The lowest BCUT2D eigenvalue weighted by molar-refractivity contribution is -0.139. The van der Waals surface area contributed by atoms with Crippen LogP contribution in [0.5, 0.6) is 0 Å². The van der Waals surface area contributed by atoms with Gasteiger partial charge in [-0.2, -0.15) is 0 Å². The number of nitrogens with one attached hydrogen (secondary N) is 1. The van der Waals surface area contributed by atoms with E-state index >= 15 is 0 Å². The van der Waals surface area contributed by atoms with Crippen molar-refractivity contribution in [3.8, 4) is 0 Å². The smallest absolute Gasteiger partial charge is 0.336 e. The fourth-order valence-corrected chi connectivity index (χ4v) is 4.00. The zero-order chi connectivity index (χ0) is 19.8. The topological polar surface area (TPSA) is 55.4 Å². The van der Waals surface area contributed by atoms with Crippen LogP contribution in [0.25, 0.3) is 0 Å². The maximum atomic E-state index is 13.9. The number of benzene rings is 1. The van der Waals surface area contributed by atoms with Gasteiger partial charge in [-0.1, -0.05) is 32.9 Å². The van der Waals surface area contributed by atoms with Gasteiger partial charge in [-0.05, 0) is 42.9 Å². The summed E-state index contributed by atoms with van der Waals surface area (Å²) in [6.07, 6.45) is 1.81. The summed E-state index contributed by atoms with van der Waals surface area (Å²) in [5.41, 5.74) is 2.88. The Kier molecular flexibility index (Phi) is 5.22. The lowest BCUT2D eigenvalue weighted by atomic mass is 9.68. The molecule has 0 saturated carbocycles. The molecule has 5 heteroatoms. The molecule has 1 N–H and O–H groups in total. The van der Waals surface area contributed by atoms with E-state index in [0.717, 1.165) is 5.70 Å². The van der Waals surface area contributed by atoms with Gasteiger partial charge in [-0.3, -0.25) is 4.79 Å². The fraction of sp³-hybridized carbons (Fsp3) is 0.455. The summed E-state index contributed by atoms with van der Waals surface area (Å²) in [4.78, 5) is 25.8. The van der Waals surface area contributed by atoms with Crippen molar-refractivity contribution >= 4 is 11.8 Å². The minimum Gasteiger partial charge on any atom is -0.462 e. The van der Waals surface area contributed by atoms with E-state index in [4.69, 9.17) is 4.74 Å². The van der Waals surface area contributed by atoms with E-state index in [2.05, 4.69) is 19.2 Å². The molecule has 2 aliphatic rings. The predicted octanol–water partition coefficient (Wildman–Crippen LogP) is 4.38. The number of carbonyl (C=O) groups excluding carboxylic acids is 2. The molecule has 27 heavy (non-hydrogen) atoms. The third kappa shape index (κ3) is 3.82. The SMILES string of the molecule is CCCOC(=O)C1=C(C)NC2=C(C(=O)CC(C)(C)C2)C1c1cccc(F)c1. The number of rotatable bonds is 4. The normalized spacial score (nSPS) is 21.7. The molecule has 0 saturated heterocycles. The second-order valence-corrected chi connectivity index (χ2v) is 8.12. The lowest BCUT2D eigenvalue weighted by Crippen LogP contribution is -2.38. The lowest BCUT2D eigenvalue weighted by Gasteiger charge is -2.39. The van der Waals surface area contributed by atoms with Crippen LogP contribution in [0.2, 0.25) is 0 Å². The minimum atomic E-state index is -0.607. The van der Waals surface area contributed by atoms with Gasteiger partial charge in [0.1, 0.15) is 5.82 Å². The number of esters is 1. The van der Waals surface area contributed by atoms with Crippen molar-refractivity contribution in [2.24, 2.45) is 5.41 Å². The first-order valence-corrected chi connectivity index (χ1v) is 9.40. The van der Waals surface area contributed by atoms with Crippen LogP contribution in [0, 0.1) is 11.2 Å². The molecule has 1 aliphatic carbocycles. The first-order chi connectivity index (χ1) is 12.7. The molecule has 144 valence electrons. The molecule has 0 fully saturated rings. The van der Waals surface area contributed by atoms with Gasteiger partial charge < -0.3 is 10.1 Å². The molecule has 0 aromatic heterocycles. The quantitative estimate of drug-likeness (QED) is 0.798. The zero-order valence-corrected chi connectivity index (χ0v) is 16.3. The Morgan fingerprint density at radius 2 is 2.07 bits per heavy atom. The number of dihydropyridines is 1. The van der Waals surface area contributed by atoms with Crippen molar-refractivity contribution in [2.75, 3.05) is 6.61 Å². The van der Waals surface area contributed by atoms with E-state index in [1.807, 2.05) is 13.8 Å². The van der Waals surface area contributed by atoms with Crippen LogP contribution in [0.3, 0.4) is 0 Å². The molecule has 1 aromatic rings. The number of allylic oxidation sites excluding steroid dienone is 3. The van der Waals surface area contributed by atoms with Crippen LogP contribution in [0.1, 0.15) is 58.4 Å². The minimum absolute atomic E-state index is 0.00342. The first kappa shape index (κ1) is 19.3. The Bertz CT molecular complexity index is 851. The number of halogens is 1. The van der Waals surface area contributed by atoms with E-state index < -0.39 is 17.7 Å². The van der Waals surface area contributed by atoms with Crippen molar-refractivity contribution in [1.29, 1.82) is 0 Å². The summed E-state index contributed by atoms with van der Waals surface area (Å²) >= 11 is 0. The van der Waals surface area contributed by atoms with Crippen LogP contribution in [-0.2, 0) is 14.3 Å². The van der Waals surface area contributed by atoms with Gasteiger partial charge in [-0.25, -0.2) is 9.18 Å². The van der Waals surface area contributed by atoms with E-state index in [9.17, 15) is 14.0 Å². The average Bonchev–Trinajstić information content (AvgIpc) is 2.57. The molecule has 0 bridgehead atoms. The Labute approximate surface area is 159 Å². The molecular formula is C22H26FNO3. The Morgan fingerprint density at radius 1 is 1.33 bits per heavy atom. The molecule has 0 radical (unpaired) electrons. The largest absolute Gasteiger partial charge is 0.462 e. The number of ether oxygens (including phenoxy) is 1. The molecule has 0 amide bonds. The van der Waals surface area contributed by atoms with Crippen molar-refractivity contribution in [3.63, 3.8) is 0 Å². The third-order valence-corrected chi connectivity index (χ3v) is 5.08. The van der Waals surface area contributed by atoms with E-state index in [1.165, 1.54) is 12.1 Å². The summed E-state index contributed by atoms with van der Waals surface area (Å²) in [5.74, 6) is -1.46. The van der Waals surface area contributed by atoms with Gasteiger partial charge in [0.15, 0.2) is 5.78 Å². The van der Waals surface area contributed by atoms with Gasteiger partial charge in [-0.15, -0.1) is 0 Å². The first-order valence-electron chi connectivity index (χ1n) is 9.40. The molecule has 4 nitrogen and oxygen atoms in total. The van der Waals surface area contributed by atoms with Crippen LogP contribution in [0.15, 0.2) is 46.8 Å². The van der Waals surface area contributed by atoms with Crippen molar-refractivity contribution < 1.29 is 18.7 Å². The second kappa shape index (κ2) is 7.29. The van der Waals surface area contributed by atoms with Gasteiger partial charge in [0, 0.05) is 29.3 Å². The summed E-state index contributed by atoms with van der Waals surface area (Å²) in [6, 6.07) is 6.12. The van der Waals surface area contributed by atoms with Crippen molar-refractivity contribution in [2.45, 2.75) is 52.9 Å². The maximum Gasteiger partial charge on any atom is 0.336 e. The van der Waals surface area contributed by atoms with Gasteiger partial charge in [0.05, 0.1) is 12.2 Å². The highest BCUT2D eigenvalue weighted by Gasteiger charge is 2.43. The van der Waals surface area contributed by atoms with Crippen molar-refractivity contribution in [3.05, 3.63) is 58.2 Å².